The van der Waals surface area contributed by atoms with Crippen LogP contribution in [0.25, 0.3) is 0 Å². The fraction of sp³-hybridized carbons (Fsp3) is 0.846. The van der Waals surface area contributed by atoms with Gasteiger partial charge in [-0.1, -0.05) is 19.3 Å². The molecule has 2 N–H and O–H groups in total. The van der Waals surface area contributed by atoms with Gasteiger partial charge in [-0.25, -0.2) is 0 Å². The maximum Gasteiger partial charge on any atom is 0.140 e. The van der Waals surface area contributed by atoms with Crippen LogP contribution in [-0.2, 0) is 5.41 Å². The third-order valence-electron chi connectivity index (χ3n) is 4.45. The molecule has 0 aromatic carbocycles. The van der Waals surface area contributed by atoms with Crippen LogP contribution in [0.2, 0.25) is 0 Å². The summed E-state index contributed by atoms with van der Waals surface area (Å²) in [6, 6.07) is 0.658. The van der Waals surface area contributed by atoms with Crippen molar-refractivity contribution in [2.24, 2.45) is 5.73 Å². The Balaban J connectivity index is 2.00. The van der Waals surface area contributed by atoms with E-state index in [1.54, 1.807) is 0 Å². The lowest BCUT2D eigenvalue weighted by Crippen LogP contribution is -2.39. The fourth-order valence-electron chi connectivity index (χ4n) is 3.25. The molecule has 1 heterocycles. The summed E-state index contributed by atoms with van der Waals surface area (Å²) in [7, 11) is 0. The van der Waals surface area contributed by atoms with Gasteiger partial charge in [0.05, 0.1) is 0 Å². The van der Waals surface area contributed by atoms with Crippen LogP contribution in [0.15, 0.2) is 0 Å². The molecule has 2 fully saturated rings. The fourth-order valence-corrected chi connectivity index (χ4v) is 3.25. The van der Waals surface area contributed by atoms with Gasteiger partial charge in [0.15, 0.2) is 0 Å². The number of hydrogen-bond acceptors (Lipinski definition) is 3. The number of nitrogens with two attached hydrogens (primary N) is 1. The van der Waals surface area contributed by atoms with Crippen molar-refractivity contribution >= 4 is 0 Å². The van der Waals surface area contributed by atoms with Gasteiger partial charge in [0.1, 0.15) is 11.6 Å². The Bertz CT molecular complexity index is 400. The number of hydrogen-bond donors (Lipinski definition) is 1. The van der Waals surface area contributed by atoms with Crippen LogP contribution in [-0.4, -0.2) is 21.3 Å². The van der Waals surface area contributed by atoms with Crippen LogP contribution in [0.4, 0.5) is 0 Å². The van der Waals surface area contributed by atoms with Crippen molar-refractivity contribution in [2.75, 3.05) is 6.54 Å². The van der Waals surface area contributed by atoms with Gasteiger partial charge in [0.2, 0.25) is 0 Å². The molecule has 3 rings (SSSR count). The summed E-state index contributed by atoms with van der Waals surface area (Å²) < 4.78 is 2.37. The molecule has 1 aromatic heterocycles. The standard InChI is InChI=1S/C13H22N4/c1-10-15-16-12(17(10)11-5-6-11)13(9-14)7-3-2-4-8-13/h11H,2-9,14H2,1H3. The maximum absolute atomic E-state index is 6.09. The Hall–Kier alpha value is -0.900. The Labute approximate surface area is 103 Å². The monoisotopic (exact) mass is 234 g/mol. The Morgan fingerprint density at radius 3 is 2.53 bits per heavy atom. The first-order valence-corrected chi connectivity index (χ1v) is 6.89. The van der Waals surface area contributed by atoms with Crippen molar-refractivity contribution < 1.29 is 0 Å². The zero-order valence-electron chi connectivity index (χ0n) is 10.7. The second kappa shape index (κ2) is 4.09. The molecule has 0 radical (unpaired) electrons. The highest BCUT2D eigenvalue weighted by Crippen LogP contribution is 2.43. The van der Waals surface area contributed by atoms with Crippen LogP contribution in [0.5, 0.6) is 0 Å². The molecule has 2 aliphatic rings. The zero-order chi connectivity index (χ0) is 11.9. The zero-order valence-corrected chi connectivity index (χ0v) is 10.7. The smallest absolute Gasteiger partial charge is 0.140 e. The molecule has 17 heavy (non-hydrogen) atoms. The molecule has 0 aliphatic heterocycles. The molecule has 4 nitrogen and oxygen atoms in total. The van der Waals surface area contributed by atoms with E-state index in [0.717, 1.165) is 12.4 Å². The van der Waals surface area contributed by atoms with E-state index in [2.05, 4.69) is 21.7 Å². The molecule has 2 saturated carbocycles. The van der Waals surface area contributed by atoms with E-state index in [-0.39, 0.29) is 5.41 Å². The maximum atomic E-state index is 6.09. The van der Waals surface area contributed by atoms with Gasteiger partial charge in [-0.2, -0.15) is 0 Å². The van der Waals surface area contributed by atoms with Crippen molar-refractivity contribution in [1.29, 1.82) is 0 Å². The second-order valence-corrected chi connectivity index (χ2v) is 5.72. The summed E-state index contributed by atoms with van der Waals surface area (Å²) in [4.78, 5) is 0. The molecule has 94 valence electrons. The molecule has 0 spiro atoms. The van der Waals surface area contributed by atoms with Gasteiger partial charge < -0.3 is 10.3 Å². The molecular formula is C13H22N4. The van der Waals surface area contributed by atoms with E-state index in [1.165, 1.54) is 50.8 Å². The lowest BCUT2D eigenvalue weighted by Gasteiger charge is -2.35. The number of nitrogens with zero attached hydrogens (tertiary/aromatic N) is 3. The largest absolute Gasteiger partial charge is 0.329 e. The summed E-state index contributed by atoms with van der Waals surface area (Å²) in [5.41, 5.74) is 6.20. The molecule has 0 atom stereocenters. The minimum Gasteiger partial charge on any atom is -0.329 e. The molecule has 0 bridgehead atoms. The summed E-state index contributed by atoms with van der Waals surface area (Å²) >= 11 is 0. The molecule has 0 saturated heterocycles. The summed E-state index contributed by atoms with van der Waals surface area (Å²) in [5.74, 6) is 2.25. The third kappa shape index (κ3) is 1.79. The first-order valence-electron chi connectivity index (χ1n) is 6.89. The Kier molecular flexibility index (Phi) is 2.69. The highest BCUT2D eigenvalue weighted by molar-refractivity contribution is 5.15. The third-order valence-corrected chi connectivity index (χ3v) is 4.45. The van der Waals surface area contributed by atoms with E-state index in [0.29, 0.717) is 6.04 Å². The number of rotatable bonds is 3. The lowest BCUT2D eigenvalue weighted by molar-refractivity contribution is 0.275. The van der Waals surface area contributed by atoms with Crippen LogP contribution in [0, 0.1) is 6.92 Å². The number of aryl methyl sites for hydroxylation is 1. The lowest BCUT2D eigenvalue weighted by atomic mass is 9.73. The van der Waals surface area contributed by atoms with Gasteiger partial charge in [0, 0.05) is 18.0 Å². The quantitative estimate of drug-likeness (QED) is 0.871. The average Bonchev–Trinajstić information content (AvgIpc) is 3.13. The van der Waals surface area contributed by atoms with Crippen molar-refractivity contribution in [3.8, 4) is 0 Å². The molecule has 1 aromatic rings. The normalized spacial score (nSPS) is 23.9. The van der Waals surface area contributed by atoms with E-state index in [9.17, 15) is 0 Å². The predicted molar refractivity (Wildman–Crippen MR) is 66.8 cm³/mol. The van der Waals surface area contributed by atoms with Gasteiger partial charge in [-0.05, 0) is 32.6 Å². The average molecular weight is 234 g/mol. The molecular weight excluding hydrogens is 212 g/mol. The topological polar surface area (TPSA) is 56.7 Å². The Morgan fingerprint density at radius 2 is 1.94 bits per heavy atom. The first kappa shape index (κ1) is 11.2. The van der Waals surface area contributed by atoms with Gasteiger partial charge in [0.25, 0.3) is 0 Å². The van der Waals surface area contributed by atoms with E-state index < -0.39 is 0 Å². The van der Waals surface area contributed by atoms with Crippen molar-refractivity contribution in [3.63, 3.8) is 0 Å². The minimum absolute atomic E-state index is 0.113. The Morgan fingerprint density at radius 1 is 1.24 bits per heavy atom. The van der Waals surface area contributed by atoms with Gasteiger partial charge in [-0.3, -0.25) is 0 Å². The highest BCUT2D eigenvalue weighted by atomic mass is 15.3. The summed E-state index contributed by atoms with van der Waals surface area (Å²) in [6.45, 7) is 2.79. The van der Waals surface area contributed by atoms with E-state index in [4.69, 9.17) is 5.73 Å². The molecule has 0 unspecified atom stereocenters. The first-order chi connectivity index (χ1) is 8.27. The summed E-state index contributed by atoms with van der Waals surface area (Å²) in [6.07, 6.45) is 8.86. The van der Waals surface area contributed by atoms with Crippen molar-refractivity contribution in [3.05, 3.63) is 11.6 Å². The van der Waals surface area contributed by atoms with Crippen molar-refractivity contribution in [2.45, 2.75) is 63.3 Å². The molecule has 0 amide bonds. The van der Waals surface area contributed by atoms with Crippen LogP contribution < -0.4 is 5.73 Å². The summed E-state index contributed by atoms with van der Waals surface area (Å²) in [5, 5.41) is 8.78. The van der Waals surface area contributed by atoms with Crippen LogP contribution >= 0.6 is 0 Å². The van der Waals surface area contributed by atoms with E-state index in [1.807, 2.05) is 0 Å². The van der Waals surface area contributed by atoms with E-state index >= 15 is 0 Å². The minimum atomic E-state index is 0.113. The van der Waals surface area contributed by atoms with Gasteiger partial charge >= 0.3 is 0 Å². The SMILES string of the molecule is Cc1nnc(C2(CN)CCCCC2)n1C1CC1. The van der Waals surface area contributed by atoms with Crippen LogP contribution in [0.3, 0.4) is 0 Å². The highest BCUT2D eigenvalue weighted by Gasteiger charge is 2.40. The van der Waals surface area contributed by atoms with Gasteiger partial charge in [-0.15, -0.1) is 10.2 Å². The van der Waals surface area contributed by atoms with Crippen molar-refractivity contribution in [1.82, 2.24) is 14.8 Å². The number of aromatic nitrogens is 3. The second-order valence-electron chi connectivity index (χ2n) is 5.72. The predicted octanol–water partition coefficient (Wildman–Crippen LogP) is 2.08. The molecule has 2 aliphatic carbocycles. The molecule has 4 heteroatoms. The van der Waals surface area contributed by atoms with Crippen LogP contribution in [0.1, 0.15) is 62.6 Å².